The molecule has 6 nitrogen and oxygen atoms in total. The van der Waals surface area contributed by atoms with E-state index in [1.165, 1.54) is 32.1 Å². The molecule has 0 saturated carbocycles. The summed E-state index contributed by atoms with van der Waals surface area (Å²) < 4.78 is 0. The monoisotopic (exact) mass is 359 g/mol. The number of hydrogen-bond donors (Lipinski definition) is 1. The molecule has 1 aromatic rings. The summed E-state index contributed by atoms with van der Waals surface area (Å²) in [5, 5.41) is 11.2. The van der Waals surface area contributed by atoms with Crippen molar-refractivity contribution >= 4 is 11.8 Å². The number of anilines is 2. The topological polar surface area (TPSA) is 55.7 Å². The minimum absolute atomic E-state index is 0.618. The van der Waals surface area contributed by atoms with Gasteiger partial charge in [-0.3, -0.25) is 0 Å². The van der Waals surface area contributed by atoms with Crippen molar-refractivity contribution in [2.45, 2.75) is 57.5 Å². The van der Waals surface area contributed by atoms with Crippen molar-refractivity contribution in [1.29, 1.82) is 0 Å². The Morgan fingerprint density at radius 3 is 2.38 bits per heavy atom. The molecular weight excluding hydrogens is 326 g/mol. The van der Waals surface area contributed by atoms with Gasteiger partial charge >= 0.3 is 0 Å². The average Bonchev–Trinajstić information content (AvgIpc) is 3.14. The lowest BCUT2D eigenvalue weighted by Crippen LogP contribution is -2.54. The van der Waals surface area contributed by atoms with E-state index in [2.05, 4.69) is 32.7 Å². The van der Waals surface area contributed by atoms with Gasteiger partial charge in [0.2, 0.25) is 5.95 Å². The van der Waals surface area contributed by atoms with Crippen LogP contribution in [0.2, 0.25) is 0 Å². The van der Waals surface area contributed by atoms with Crippen LogP contribution in [0.1, 0.15) is 50.6 Å². The zero-order chi connectivity index (χ0) is 18.0. The smallest absolute Gasteiger partial charge is 0.227 e. The summed E-state index contributed by atoms with van der Waals surface area (Å²) in [6.45, 7) is 8.88. The second-order valence-electron chi connectivity index (χ2n) is 8.45. The van der Waals surface area contributed by atoms with Gasteiger partial charge in [-0.2, -0.15) is 4.98 Å². The van der Waals surface area contributed by atoms with Gasteiger partial charge < -0.3 is 19.8 Å². The van der Waals surface area contributed by atoms with Crippen molar-refractivity contribution in [3.63, 3.8) is 0 Å². The van der Waals surface area contributed by atoms with Crippen LogP contribution in [0.5, 0.6) is 0 Å². The third kappa shape index (κ3) is 4.12. The first-order valence-electron chi connectivity index (χ1n) is 10.4. The lowest BCUT2D eigenvalue weighted by molar-refractivity contribution is -0.00238. The van der Waals surface area contributed by atoms with Crippen LogP contribution in [0.4, 0.5) is 11.8 Å². The van der Waals surface area contributed by atoms with Gasteiger partial charge in [0.05, 0.1) is 5.60 Å². The van der Waals surface area contributed by atoms with E-state index in [9.17, 15) is 5.11 Å². The van der Waals surface area contributed by atoms with Crippen LogP contribution < -0.4 is 9.80 Å². The lowest BCUT2D eigenvalue weighted by Gasteiger charge is -2.42. The number of aromatic nitrogens is 2. The molecule has 4 heterocycles. The normalized spacial score (nSPS) is 27.9. The minimum atomic E-state index is -0.618. The number of aryl methyl sites for hydroxylation is 1. The number of likely N-dealkylation sites (tertiary alicyclic amines) is 1. The summed E-state index contributed by atoms with van der Waals surface area (Å²) in [6.07, 6.45) is 8.21. The van der Waals surface area contributed by atoms with Crippen LogP contribution in [0.3, 0.4) is 0 Å². The Morgan fingerprint density at radius 2 is 1.62 bits per heavy atom. The van der Waals surface area contributed by atoms with Crippen molar-refractivity contribution in [2.75, 3.05) is 55.6 Å². The number of β-amino-alcohol motifs (C(OH)–C–C–N with tert-alkyl or cyclic N) is 1. The molecule has 1 aromatic heterocycles. The first kappa shape index (κ1) is 18.0. The van der Waals surface area contributed by atoms with E-state index >= 15 is 0 Å². The third-order valence-corrected chi connectivity index (χ3v) is 6.06. The van der Waals surface area contributed by atoms with E-state index in [4.69, 9.17) is 4.98 Å². The molecule has 1 atom stereocenters. The van der Waals surface area contributed by atoms with E-state index in [0.29, 0.717) is 6.54 Å². The molecular formula is C20H33N5O. The molecule has 3 aliphatic heterocycles. The van der Waals surface area contributed by atoms with Gasteiger partial charge in [0.15, 0.2) is 0 Å². The second kappa shape index (κ2) is 7.69. The highest BCUT2D eigenvalue weighted by molar-refractivity contribution is 5.47. The number of piperidine rings is 2. The molecule has 0 bridgehead atoms. The molecule has 0 aromatic carbocycles. The SMILES string of the molecule is Cc1cc(N2CCC[C@@](O)(CN3CCCC3)C2)nc(N2CCCCC2)n1. The molecule has 0 amide bonds. The second-order valence-corrected chi connectivity index (χ2v) is 8.45. The first-order valence-corrected chi connectivity index (χ1v) is 10.4. The van der Waals surface area contributed by atoms with Crippen LogP contribution in [-0.2, 0) is 0 Å². The molecule has 6 heteroatoms. The molecule has 3 aliphatic rings. The summed E-state index contributed by atoms with van der Waals surface area (Å²) >= 11 is 0. The Labute approximate surface area is 157 Å². The quantitative estimate of drug-likeness (QED) is 0.889. The van der Waals surface area contributed by atoms with Crippen LogP contribution in [0.25, 0.3) is 0 Å². The predicted octanol–water partition coefficient (Wildman–Crippen LogP) is 2.20. The zero-order valence-corrected chi connectivity index (χ0v) is 16.2. The van der Waals surface area contributed by atoms with E-state index in [-0.39, 0.29) is 0 Å². The fourth-order valence-electron chi connectivity index (χ4n) is 4.73. The maximum Gasteiger partial charge on any atom is 0.227 e. The average molecular weight is 360 g/mol. The Morgan fingerprint density at radius 1 is 0.923 bits per heavy atom. The van der Waals surface area contributed by atoms with Gasteiger partial charge in [0.1, 0.15) is 5.82 Å². The fourth-order valence-corrected chi connectivity index (χ4v) is 4.73. The molecule has 0 unspecified atom stereocenters. The van der Waals surface area contributed by atoms with Crippen molar-refractivity contribution in [2.24, 2.45) is 0 Å². The summed E-state index contributed by atoms with van der Waals surface area (Å²) in [6, 6.07) is 2.08. The third-order valence-electron chi connectivity index (χ3n) is 6.06. The number of nitrogens with zero attached hydrogens (tertiary/aromatic N) is 5. The van der Waals surface area contributed by atoms with Crippen LogP contribution in [0, 0.1) is 6.92 Å². The van der Waals surface area contributed by atoms with Gasteiger partial charge in [0.25, 0.3) is 0 Å². The molecule has 3 saturated heterocycles. The van der Waals surface area contributed by atoms with Gasteiger partial charge in [-0.1, -0.05) is 0 Å². The van der Waals surface area contributed by atoms with Crippen molar-refractivity contribution in [3.05, 3.63) is 11.8 Å². The molecule has 4 rings (SSSR count). The van der Waals surface area contributed by atoms with Crippen LogP contribution in [0.15, 0.2) is 6.07 Å². The molecule has 1 N–H and O–H groups in total. The van der Waals surface area contributed by atoms with Crippen LogP contribution in [-0.4, -0.2) is 71.4 Å². The number of aliphatic hydroxyl groups is 1. The van der Waals surface area contributed by atoms with E-state index < -0.39 is 5.60 Å². The van der Waals surface area contributed by atoms with E-state index in [1.54, 1.807) is 0 Å². The largest absolute Gasteiger partial charge is 0.387 e. The molecule has 26 heavy (non-hydrogen) atoms. The molecule has 0 aliphatic carbocycles. The highest BCUT2D eigenvalue weighted by Gasteiger charge is 2.36. The van der Waals surface area contributed by atoms with Crippen molar-refractivity contribution < 1.29 is 5.11 Å². The van der Waals surface area contributed by atoms with E-state index in [0.717, 1.165) is 69.6 Å². The standard InChI is InChI=1S/C20H33N5O/c1-17-14-18(22-19(21-17)24-11-3-2-4-12-24)25-13-7-8-20(26,16-25)15-23-9-5-6-10-23/h14,26H,2-13,15-16H2,1H3/t20-/m1/s1. The highest BCUT2D eigenvalue weighted by Crippen LogP contribution is 2.28. The van der Waals surface area contributed by atoms with Gasteiger partial charge in [-0.25, -0.2) is 4.98 Å². The molecule has 144 valence electrons. The van der Waals surface area contributed by atoms with E-state index in [1.807, 2.05) is 0 Å². The lowest BCUT2D eigenvalue weighted by atomic mass is 9.92. The van der Waals surface area contributed by atoms with Crippen LogP contribution >= 0.6 is 0 Å². The summed E-state index contributed by atoms with van der Waals surface area (Å²) in [4.78, 5) is 16.6. The zero-order valence-electron chi connectivity index (χ0n) is 16.2. The molecule has 0 spiro atoms. The van der Waals surface area contributed by atoms with Gasteiger partial charge in [0, 0.05) is 44.5 Å². The van der Waals surface area contributed by atoms with Gasteiger partial charge in [-0.05, 0) is 65.0 Å². The summed E-state index contributed by atoms with van der Waals surface area (Å²) in [7, 11) is 0. The summed E-state index contributed by atoms with van der Waals surface area (Å²) in [5.74, 6) is 1.85. The maximum atomic E-state index is 11.2. The predicted molar refractivity (Wildman–Crippen MR) is 105 cm³/mol. The maximum absolute atomic E-state index is 11.2. The Bertz CT molecular complexity index is 612. The molecule has 3 fully saturated rings. The van der Waals surface area contributed by atoms with Gasteiger partial charge in [-0.15, -0.1) is 0 Å². The summed E-state index contributed by atoms with van der Waals surface area (Å²) in [5.41, 5.74) is 0.399. The Balaban J connectivity index is 1.49. The first-order chi connectivity index (χ1) is 12.6. The Kier molecular flexibility index (Phi) is 5.32. The van der Waals surface area contributed by atoms with Crippen molar-refractivity contribution in [1.82, 2.24) is 14.9 Å². The number of hydrogen-bond acceptors (Lipinski definition) is 6. The number of rotatable bonds is 4. The fraction of sp³-hybridized carbons (Fsp3) is 0.800. The van der Waals surface area contributed by atoms with Crippen molar-refractivity contribution in [3.8, 4) is 0 Å². The molecule has 0 radical (unpaired) electrons. The Hall–Kier alpha value is -1.40. The minimum Gasteiger partial charge on any atom is -0.387 e. The highest BCUT2D eigenvalue weighted by atomic mass is 16.3.